The molecule has 3 rings (SSSR count). The fourth-order valence-electron chi connectivity index (χ4n) is 2.50. The quantitative estimate of drug-likeness (QED) is 0.902. The molecular weight excluding hydrogens is 263 g/mol. The van der Waals surface area contributed by atoms with Gasteiger partial charge in [-0.15, -0.1) is 0 Å². The minimum Gasteiger partial charge on any atom is -0.320 e. The highest BCUT2D eigenvalue weighted by Gasteiger charge is 2.39. The summed E-state index contributed by atoms with van der Waals surface area (Å²) in [7, 11) is 0. The molecule has 0 radical (unpaired) electrons. The number of thioether (sulfide) groups is 1. The normalized spacial score (nSPS) is 23.2. The largest absolute Gasteiger partial charge is 0.322 e. The summed E-state index contributed by atoms with van der Waals surface area (Å²) in [5.74, 6) is 2.24. The molecule has 0 bridgehead atoms. The van der Waals surface area contributed by atoms with Crippen LogP contribution in [0.2, 0.25) is 0 Å². The van der Waals surface area contributed by atoms with Crippen molar-refractivity contribution in [1.82, 2.24) is 4.90 Å². The molecule has 1 aromatic carbocycles. The Balaban J connectivity index is 1.70. The van der Waals surface area contributed by atoms with Gasteiger partial charge in [-0.1, -0.05) is 12.1 Å². The molecule has 2 aliphatic rings. The minimum atomic E-state index is -0.384. The molecule has 1 saturated heterocycles. The number of hydrogen-bond donors (Lipinski definition) is 1. The first-order valence-electron chi connectivity index (χ1n) is 6.65. The van der Waals surface area contributed by atoms with Gasteiger partial charge >= 0.3 is 6.03 Å². The van der Waals surface area contributed by atoms with Crippen LogP contribution in [0.4, 0.5) is 14.9 Å². The van der Waals surface area contributed by atoms with Crippen molar-refractivity contribution >= 4 is 23.5 Å². The zero-order valence-electron chi connectivity index (χ0n) is 10.6. The van der Waals surface area contributed by atoms with Gasteiger partial charge in [-0.05, 0) is 30.9 Å². The number of carbonyl (C=O) groups excluding carboxylic acids is 1. The van der Waals surface area contributed by atoms with Crippen LogP contribution < -0.4 is 5.32 Å². The van der Waals surface area contributed by atoms with Crippen LogP contribution in [0.1, 0.15) is 12.8 Å². The SMILES string of the molecule is O=C(Nc1ccccc1F)N1CCSC[C@H]1C1CC1. The van der Waals surface area contributed by atoms with Crippen LogP contribution in [0.15, 0.2) is 24.3 Å². The highest BCUT2D eigenvalue weighted by atomic mass is 32.2. The maximum atomic E-state index is 13.5. The summed E-state index contributed by atoms with van der Waals surface area (Å²) in [4.78, 5) is 14.2. The topological polar surface area (TPSA) is 32.3 Å². The van der Waals surface area contributed by atoms with Crippen LogP contribution in [0.3, 0.4) is 0 Å². The van der Waals surface area contributed by atoms with E-state index < -0.39 is 0 Å². The second kappa shape index (κ2) is 5.41. The monoisotopic (exact) mass is 280 g/mol. The number of carbonyl (C=O) groups is 1. The Morgan fingerprint density at radius 3 is 2.89 bits per heavy atom. The number of halogens is 1. The molecule has 1 saturated carbocycles. The minimum absolute atomic E-state index is 0.165. The van der Waals surface area contributed by atoms with Crippen molar-refractivity contribution in [2.24, 2.45) is 5.92 Å². The zero-order chi connectivity index (χ0) is 13.2. The average molecular weight is 280 g/mol. The summed E-state index contributed by atoms with van der Waals surface area (Å²) in [5, 5.41) is 2.70. The molecule has 0 aromatic heterocycles. The van der Waals surface area contributed by atoms with Gasteiger partial charge in [0.1, 0.15) is 5.82 Å². The van der Waals surface area contributed by atoms with Crippen molar-refractivity contribution in [1.29, 1.82) is 0 Å². The lowest BCUT2D eigenvalue weighted by atomic mass is 10.2. The third kappa shape index (κ3) is 2.86. The third-order valence-corrected chi connectivity index (χ3v) is 4.76. The molecular formula is C14H17FN2OS. The number of rotatable bonds is 2. The number of para-hydroxylation sites is 1. The van der Waals surface area contributed by atoms with Gasteiger partial charge in [-0.3, -0.25) is 0 Å². The van der Waals surface area contributed by atoms with Crippen molar-refractivity contribution in [3.8, 4) is 0 Å². The summed E-state index contributed by atoms with van der Waals surface area (Å²) in [5.41, 5.74) is 0.264. The van der Waals surface area contributed by atoms with Gasteiger partial charge in [-0.25, -0.2) is 9.18 Å². The molecule has 1 aliphatic carbocycles. The molecule has 19 heavy (non-hydrogen) atoms. The zero-order valence-corrected chi connectivity index (χ0v) is 11.5. The van der Waals surface area contributed by atoms with Crippen LogP contribution in [0.5, 0.6) is 0 Å². The fourth-order valence-corrected chi connectivity index (χ4v) is 3.68. The van der Waals surface area contributed by atoms with Crippen LogP contribution in [0, 0.1) is 11.7 Å². The Hall–Kier alpha value is -1.23. The summed E-state index contributed by atoms with van der Waals surface area (Å²) < 4.78 is 13.5. The van der Waals surface area contributed by atoms with E-state index in [0.29, 0.717) is 12.0 Å². The first-order valence-corrected chi connectivity index (χ1v) is 7.81. The molecule has 2 fully saturated rings. The van der Waals surface area contributed by atoms with Gasteiger partial charge in [0, 0.05) is 24.1 Å². The molecule has 1 N–H and O–H groups in total. The molecule has 1 aromatic rings. The Bertz CT molecular complexity index is 478. The van der Waals surface area contributed by atoms with Gasteiger partial charge in [0.25, 0.3) is 0 Å². The van der Waals surface area contributed by atoms with Crippen LogP contribution >= 0.6 is 11.8 Å². The highest BCUT2D eigenvalue weighted by Crippen LogP contribution is 2.38. The van der Waals surface area contributed by atoms with Crippen molar-refractivity contribution < 1.29 is 9.18 Å². The lowest BCUT2D eigenvalue weighted by Gasteiger charge is -2.35. The number of urea groups is 1. The predicted octanol–water partition coefficient (Wildman–Crippen LogP) is 3.19. The Labute approximate surface area is 116 Å². The number of anilines is 1. The molecule has 1 atom stereocenters. The molecule has 3 nitrogen and oxygen atoms in total. The van der Waals surface area contributed by atoms with Crippen LogP contribution in [-0.2, 0) is 0 Å². The van der Waals surface area contributed by atoms with Crippen molar-refractivity contribution in [2.45, 2.75) is 18.9 Å². The van der Waals surface area contributed by atoms with E-state index in [2.05, 4.69) is 5.32 Å². The molecule has 0 unspecified atom stereocenters. The van der Waals surface area contributed by atoms with Gasteiger partial charge in [-0.2, -0.15) is 11.8 Å². The van der Waals surface area contributed by atoms with E-state index in [0.717, 1.165) is 18.1 Å². The third-order valence-electron chi connectivity index (χ3n) is 3.71. The second-order valence-corrected chi connectivity index (χ2v) is 6.23. The molecule has 1 aliphatic heterocycles. The summed E-state index contributed by atoms with van der Waals surface area (Å²) in [6, 6.07) is 6.46. The smallest absolute Gasteiger partial charge is 0.320 e. The van der Waals surface area contributed by atoms with Gasteiger partial charge in [0.2, 0.25) is 0 Å². The van der Waals surface area contributed by atoms with E-state index in [1.165, 1.54) is 18.9 Å². The molecule has 102 valence electrons. The van der Waals surface area contributed by atoms with E-state index in [1.807, 2.05) is 16.7 Å². The van der Waals surface area contributed by atoms with E-state index in [1.54, 1.807) is 18.2 Å². The molecule has 1 heterocycles. The van der Waals surface area contributed by atoms with E-state index in [4.69, 9.17) is 0 Å². The first kappa shape index (κ1) is 12.8. The second-order valence-electron chi connectivity index (χ2n) is 5.08. The Kier molecular flexibility index (Phi) is 3.64. The lowest BCUT2D eigenvalue weighted by Crippen LogP contribution is -2.49. The number of hydrogen-bond acceptors (Lipinski definition) is 2. The summed E-state index contributed by atoms with van der Waals surface area (Å²) >= 11 is 1.91. The first-order chi connectivity index (χ1) is 9.25. The van der Waals surface area contributed by atoms with Crippen LogP contribution in [0.25, 0.3) is 0 Å². The summed E-state index contributed by atoms with van der Waals surface area (Å²) in [6.45, 7) is 0.756. The predicted molar refractivity (Wildman–Crippen MR) is 76.0 cm³/mol. The van der Waals surface area contributed by atoms with Gasteiger partial charge < -0.3 is 10.2 Å². The fraction of sp³-hybridized carbons (Fsp3) is 0.500. The van der Waals surface area contributed by atoms with Gasteiger partial charge in [0.15, 0.2) is 0 Å². The maximum absolute atomic E-state index is 13.5. The number of amides is 2. The molecule has 0 spiro atoms. The maximum Gasteiger partial charge on any atom is 0.322 e. The Morgan fingerprint density at radius 1 is 1.37 bits per heavy atom. The van der Waals surface area contributed by atoms with E-state index in [-0.39, 0.29) is 17.5 Å². The standard InChI is InChI=1S/C14H17FN2OS/c15-11-3-1-2-4-12(11)16-14(18)17-7-8-19-9-13(17)10-5-6-10/h1-4,10,13H,5-9H2,(H,16,18)/t13-/m0/s1. The number of benzene rings is 1. The van der Waals surface area contributed by atoms with E-state index >= 15 is 0 Å². The lowest BCUT2D eigenvalue weighted by molar-refractivity contribution is 0.188. The number of nitrogens with one attached hydrogen (secondary N) is 1. The average Bonchev–Trinajstić information content (AvgIpc) is 3.26. The molecule has 2 amide bonds. The Morgan fingerprint density at radius 2 is 2.16 bits per heavy atom. The summed E-state index contributed by atoms with van der Waals surface area (Å²) in [6.07, 6.45) is 2.43. The van der Waals surface area contributed by atoms with E-state index in [9.17, 15) is 9.18 Å². The highest BCUT2D eigenvalue weighted by molar-refractivity contribution is 7.99. The number of nitrogens with zero attached hydrogens (tertiary/aromatic N) is 1. The van der Waals surface area contributed by atoms with Crippen molar-refractivity contribution in [3.63, 3.8) is 0 Å². The van der Waals surface area contributed by atoms with Crippen LogP contribution in [-0.4, -0.2) is 35.0 Å². The van der Waals surface area contributed by atoms with Crippen molar-refractivity contribution in [2.75, 3.05) is 23.4 Å². The molecule has 5 heteroatoms. The van der Waals surface area contributed by atoms with Gasteiger partial charge in [0.05, 0.1) is 5.69 Å². The van der Waals surface area contributed by atoms with Crippen molar-refractivity contribution in [3.05, 3.63) is 30.1 Å².